The van der Waals surface area contributed by atoms with Crippen LogP contribution >= 0.6 is 22.7 Å². The Morgan fingerprint density at radius 3 is 3.00 bits per heavy atom. The van der Waals surface area contributed by atoms with Gasteiger partial charge in [0.2, 0.25) is 0 Å². The van der Waals surface area contributed by atoms with Gasteiger partial charge in [0.05, 0.1) is 11.4 Å². The van der Waals surface area contributed by atoms with Crippen LogP contribution in [0, 0.1) is 6.92 Å². The first kappa shape index (κ1) is 16.3. The summed E-state index contributed by atoms with van der Waals surface area (Å²) >= 11 is 3.15. The van der Waals surface area contributed by atoms with Crippen LogP contribution < -0.4 is 4.74 Å². The number of amides is 1. The molecule has 1 aromatic carbocycles. The molecule has 4 rings (SSSR count). The number of hydrogen-bond donors (Lipinski definition) is 0. The average molecular weight is 370 g/mol. The number of carbonyl (C=O) groups excluding carboxylic acids is 1. The van der Waals surface area contributed by atoms with E-state index in [1.165, 1.54) is 11.3 Å². The quantitative estimate of drug-likeness (QED) is 0.662. The number of aryl methyl sites for hydroxylation is 1. The fraction of sp³-hybridized carbons (Fsp3) is 0.263. The van der Waals surface area contributed by atoms with Gasteiger partial charge in [0.1, 0.15) is 22.6 Å². The molecule has 4 nitrogen and oxygen atoms in total. The summed E-state index contributed by atoms with van der Waals surface area (Å²) in [6.45, 7) is 5.15. The third kappa shape index (κ3) is 3.32. The molecule has 0 bridgehead atoms. The van der Waals surface area contributed by atoms with Crippen molar-refractivity contribution >= 4 is 28.6 Å². The number of thiazole rings is 1. The van der Waals surface area contributed by atoms with Crippen LogP contribution in [0.25, 0.3) is 9.88 Å². The number of hydrogen-bond acceptors (Lipinski definition) is 5. The van der Waals surface area contributed by atoms with Gasteiger partial charge < -0.3 is 9.64 Å². The number of thiophene rings is 1. The van der Waals surface area contributed by atoms with E-state index in [0.717, 1.165) is 26.8 Å². The highest BCUT2D eigenvalue weighted by atomic mass is 32.1. The second-order valence-corrected chi connectivity index (χ2v) is 8.05. The zero-order valence-electron chi connectivity index (χ0n) is 14.1. The summed E-state index contributed by atoms with van der Waals surface area (Å²) in [5.74, 6) is 0.829. The van der Waals surface area contributed by atoms with E-state index in [0.29, 0.717) is 18.8 Å². The molecule has 1 aliphatic rings. The third-order valence-electron chi connectivity index (χ3n) is 4.13. The highest BCUT2D eigenvalue weighted by Crippen LogP contribution is 2.30. The van der Waals surface area contributed by atoms with Gasteiger partial charge in [0.15, 0.2) is 0 Å². The molecule has 1 amide bonds. The number of carbonyl (C=O) groups is 1. The summed E-state index contributed by atoms with van der Waals surface area (Å²) in [7, 11) is 0. The van der Waals surface area contributed by atoms with Crippen LogP contribution in [0.2, 0.25) is 0 Å². The van der Waals surface area contributed by atoms with Crippen LogP contribution in [-0.2, 0) is 6.54 Å². The fourth-order valence-corrected chi connectivity index (χ4v) is 4.59. The second kappa shape index (κ2) is 6.61. The second-order valence-electron chi connectivity index (χ2n) is 6.24. The van der Waals surface area contributed by atoms with Gasteiger partial charge in [-0.05, 0) is 31.4 Å². The van der Waals surface area contributed by atoms with Gasteiger partial charge in [-0.1, -0.05) is 23.8 Å². The predicted octanol–water partition coefficient (Wildman–Crippen LogP) is 4.60. The van der Waals surface area contributed by atoms with E-state index >= 15 is 0 Å². The smallest absolute Gasteiger partial charge is 0.273 e. The van der Waals surface area contributed by atoms with Crippen LogP contribution in [-0.4, -0.2) is 28.4 Å². The van der Waals surface area contributed by atoms with E-state index in [1.54, 1.807) is 11.3 Å². The SMILES string of the molecule is Cc1ccc2c(c1)CN(C(=O)c1csc(-c3cccs3)n1)CC(C)O2. The number of rotatable bonds is 2. The van der Waals surface area contributed by atoms with Crippen LogP contribution in [0.4, 0.5) is 0 Å². The maximum Gasteiger partial charge on any atom is 0.273 e. The molecule has 3 heterocycles. The van der Waals surface area contributed by atoms with E-state index in [-0.39, 0.29) is 12.0 Å². The molecule has 128 valence electrons. The predicted molar refractivity (Wildman–Crippen MR) is 101 cm³/mol. The molecular weight excluding hydrogens is 352 g/mol. The summed E-state index contributed by atoms with van der Waals surface area (Å²) in [4.78, 5) is 20.5. The summed E-state index contributed by atoms with van der Waals surface area (Å²) in [5, 5.41) is 4.77. The molecule has 25 heavy (non-hydrogen) atoms. The lowest BCUT2D eigenvalue weighted by Crippen LogP contribution is -2.36. The van der Waals surface area contributed by atoms with Crippen molar-refractivity contribution in [1.82, 2.24) is 9.88 Å². The molecule has 0 aliphatic carbocycles. The van der Waals surface area contributed by atoms with Crippen molar-refractivity contribution in [2.45, 2.75) is 26.5 Å². The van der Waals surface area contributed by atoms with E-state index in [2.05, 4.69) is 18.0 Å². The van der Waals surface area contributed by atoms with Gasteiger partial charge >= 0.3 is 0 Å². The van der Waals surface area contributed by atoms with Crippen LogP contribution in [0.15, 0.2) is 41.1 Å². The van der Waals surface area contributed by atoms with Crippen molar-refractivity contribution in [3.63, 3.8) is 0 Å². The van der Waals surface area contributed by atoms with E-state index in [4.69, 9.17) is 4.74 Å². The Hall–Kier alpha value is -2.18. The summed E-state index contributed by atoms with van der Waals surface area (Å²) in [5.41, 5.74) is 2.72. The Bertz CT molecular complexity index is 902. The third-order valence-corrected chi connectivity index (χ3v) is 6.01. The van der Waals surface area contributed by atoms with E-state index < -0.39 is 0 Å². The first-order chi connectivity index (χ1) is 12.1. The minimum absolute atomic E-state index is 0.0381. The topological polar surface area (TPSA) is 42.4 Å². The Morgan fingerprint density at radius 2 is 2.20 bits per heavy atom. The summed E-state index contributed by atoms with van der Waals surface area (Å²) < 4.78 is 5.98. The molecule has 0 saturated heterocycles. The highest BCUT2D eigenvalue weighted by molar-refractivity contribution is 7.20. The van der Waals surface area contributed by atoms with Crippen molar-refractivity contribution in [2.24, 2.45) is 0 Å². The van der Waals surface area contributed by atoms with Gasteiger partial charge in [0, 0.05) is 17.5 Å². The molecule has 0 spiro atoms. The summed E-state index contributed by atoms with van der Waals surface area (Å²) in [6.07, 6.45) is -0.0525. The fourth-order valence-electron chi connectivity index (χ4n) is 2.98. The Labute approximate surface area is 154 Å². The minimum Gasteiger partial charge on any atom is -0.489 e. The molecule has 1 aliphatic heterocycles. The van der Waals surface area contributed by atoms with Crippen LogP contribution in [0.1, 0.15) is 28.5 Å². The van der Waals surface area contributed by atoms with Gasteiger partial charge in [-0.25, -0.2) is 4.98 Å². The monoisotopic (exact) mass is 370 g/mol. The lowest BCUT2D eigenvalue weighted by Gasteiger charge is -2.21. The first-order valence-corrected chi connectivity index (χ1v) is 9.91. The van der Waals surface area contributed by atoms with E-state index in [1.807, 2.05) is 46.8 Å². The van der Waals surface area contributed by atoms with Gasteiger partial charge in [-0.2, -0.15) is 0 Å². The van der Waals surface area contributed by atoms with Crippen molar-refractivity contribution in [3.05, 3.63) is 57.9 Å². The molecule has 6 heteroatoms. The zero-order chi connectivity index (χ0) is 17.4. The molecule has 0 radical (unpaired) electrons. The molecule has 1 unspecified atom stereocenters. The maximum atomic E-state index is 13.0. The Morgan fingerprint density at radius 1 is 1.32 bits per heavy atom. The van der Waals surface area contributed by atoms with Crippen molar-refractivity contribution in [1.29, 1.82) is 0 Å². The number of nitrogens with zero attached hydrogens (tertiary/aromatic N) is 2. The normalized spacial score (nSPS) is 16.9. The number of aromatic nitrogens is 1. The zero-order valence-corrected chi connectivity index (χ0v) is 15.7. The Balaban J connectivity index is 1.61. The van der Waals surface area contributed by atoms with Crippen molar-refractivity contribution in [2.75, 3.05) is 6.54 Å². The molecule has 3 aromatic rings. The minimum atomic E-state index is -0.0525. The molecule has 0 saturated carbocycles. The summed E-state index contributed by atoms with van der Waals surface area (Å²) in [6, 6.07) is 10.1. The van der Waals surface area contributed by atoms with Crippen molar-refractivity contribution in [3.8, 4) is 15.6 Å². The molecule has 1 atom stereocenters. The largest absolute Gasteiger partial charge is 0.489 e. The molecule has 0 N–H and O–H groups in total. The van der Waals surface area contributed by atoms with Crippen LogP contribution in [0.3, 0.4) is 0 Å². The lowest BCUT2D eigenvalue weighted by molar-refractivity contribution is 0.0686. The maximum absolute atomic E-state index is 13.0. The standard InChI is InChI=1S/C19H18N2O2S2/c1-12-5-6-16-14(8-12)10-21(9-13(2)23-16)19(22)15-11-25-18(20-15)17-4-3-7-24-17/h3-8,11,13H,9-10H2,1-2H3. The van der Waals surface area contributed by atoms with Crippen molar-refractivity contribution < 1.29 is 9.53 Å². The highest BCUT2D eigenvalue weighted by Gasteiger charge is 2.26. The molecule has 0 fully saturated rings. The average Bonchev–Trinajstić information content (AvgIpc) is 3.24. The Kier molecular flexibility index (Phi) is 4.31. The number of ether oxygens (including phenoxy) is 1. The molecule has 2 aromatic heterocycles. The first-order valence-electron chi connectivity index (χ1n) is 8.15. The number of benzene rings is 1. The number of fused-ring (bicyclic) bond motifs is 1. The van der Waals surface area contributed by atoms with Gasteiger partial charge in [0.25, 0.3) is 5.91 Å². The van der Waals surface area contributed by atoms with Crippen LogP contribution in [0.5, 0.6) is 5.75 Å². The van der Waals surface area contributed by atoms with Gasteiger partial charge in [-0.3, -0.25) is 4.79 Å². The van der Waals surface area contributed by atoms with Gasteiger partial charge in [-0.15, -0.1) is 22.7 Å². The molecular formula is C19H18N2O2S2. The lowest BCUT2D eigenvalue weighted by atomic mass is 10.1. The van der Waals surface area contributed by atoms with E-state index in [9.17, 15) is 4.79 Å².